The summed E-state index contributed by atoms with van der Waals surface area (Å²) in [5, 5.41) is 11.6. The zero-order valence-electron chi connectivity index (χ0n) is 8.16. The number of hydrogen-bond donors (Lipinski definition) is 2. The van der Waals surface area contributed by atoms with Crippen LogP contribution in [-0.2, 0) is 0 Å². The van der Waals surface area contributed by atoms with Crippen molar-refractivity contribution in [2.45, 2.75) is 0 Å². The number of hydrogen-bond acceptors (Lipinski definition) is 5. The smallest absolute Gasteiger partial charge is 0.354 e. The highest BCUT2D eigenvalue weighted by Crippen LogP contribution is 2.10. The fourth-order valence-corrected chi connectivity index (χ4v) is 1.11. The van der Waals surface area contributed by atoms with Gasteiger partial charge in [0.25, 0.3) is 0 Å². The van der Waals surface area contributed by atoms with Crippen LogP contribution in [0.15, 0.2) is 36.8 Å². The van der Waals surface area contributed by atoms with Gasteiger partial charge < -0.3 is 10.4 Å². The first-order chi connectivity index (χ1) is 7.75. The molecule has 2 N–H and O–H groups in total. The van der Waals surface area contributed by atoms with Gasteiger partial charge in [0.15, 0.2) is 5.69 Å². The molecule has 0 atom stereocenters. The second-order valence-corrected chi connectivity index (χ2v) is 2.93. The Morgan fingerprint density at radius 1 is 1.19 bits per heavy atom. The Morgan fingerprint density at radius 2 is 2.06 bits per heavy atom. The molecule has 0 spiro atoms. The fourth-order valence-electron chi connectivity index (χ4n) is 1.11. The van der Waals surface area contributed by atoms with E-state index in [1.165, 1.54) is 12.4 Å². The number of nitrogens with one attached hydrogen (secondary N) is 1. The summed E-state index contributed by atoms with van der Waals surface area (Å²) in [4.78, 5) is 22.2. The summed E-state index contributed by atoms with van der Waals surface area (Å²) in [5.74, 6) is -0.102. The van der Waals surface area contributed by atoms with E-state index in [2.05, 4.69) is 20.3 Å². The van der Waals surface area contributed by atoms with Crippen molar-refractivity contribution in [1.29, 1.82) is 0 Å². The number of aromatic nitrogens is 3. The van der Waals surface area contributed by atoms with Crippen molar-refractivity contribution in [3.8, 4) is 0 Å². The predicted octanol–water partition coefficient (Wildman–Crippen LogP) is 1.31. The minimum atomic E-state index is -1.09. The van der Waals surface area contributed by atoms with Crippen LogP contribution in [0.2, 0.25) is 0 Å². The van der Waals surface area contributed by atoms with Crippen LogP contribution in [0.4, 0.5) is 11.6 Å². The molecule has 6 heteroatoms. The Kier molecular flexibility index (Phi) is 2.73. The molecule has 2 rings (SSSR count). The van der Waals surface area contributed by atoms with Gasteiger partial charge in [-0.15, -0.1) is 0 Å². The summed E-state index contributed by atoms with van der Waals surface area (Å²) in [5.41, 5.74) is -0.0616. The van der Waals surface area contributed by atoms with Gasteiger partial charge >= 0.3 is 5.97 Å². The van der Waals surface area contributed by atoms with E-state index in [0.717, 1.165) is 0 Å². The van der Waals surface area contributed by atoms with Gasteiger partial charge in [-0.2, -0.15) is 0 Å². The maximum atomic E-state index is 10.7. The molecule has 0 aliphatic rings. The Hall–Kier alpha value is -2.50. The molecule has 0 bridgehead atoms. The molecule has 2 aromatic rings. The van der Waals surface area contributed by atoms with Gasteiger partial charge in [-0.1, -0.05) is 6.07 Å². The van der Waals surface area contributed by atoms with Crippen LogP contribution in [0, 0.1) is 0 Å². The van der Waals surface area contributed by atoms with Crippen molar-refractivity contribution in [3.63, 3.8) is 0 Å². The lowest BCUT2D eigenvalue weighted by Crippen LogP contribution is -2.03. The van der Waals surface area contributed by atoms with Crippen LogP contribution >= 0.6 is 0 Å². The molecular weight excluding hydrogens is 208 g/mol. The van der Waals surface area contributed by atoms with E-state index in [9.17, 15) is 4.79 Å². The van der Waals surface area contributed by atoms with Crippen molar-refractivity contribution >= 4 is 17.6 Å². The normalized spacial score (nSPS) is 9.75. The summed E-state index contributed by atoms with van der Waals surface area (Å²) >= 11 is 0. The molecule has 2 aromatic heterocycles. The van der Waals surface area contributed by atoms with Crippen LogP contribution < -0.4 is 5.32 Å². The second-order valence-electron chi connectivity index (χ2n) is 2.93. The fraction of sp³-hybridized carbons (Fsp3) is 0. The number of carboxylic acid groups (broad SMARTS) is 1. The first-order valence-electron chi connectivity index (χ1n) is 4.49. The van der Waals surface area contributed by atoms with Gasteiger partial charge in [0.1, 0.15) is 18.0 Å². The van der Waals surface area contributed by atoms with E-state index in [-0.39, 0.29) is 5.69 Å². The van der Waals surface area contributed by atoms with Gasteiger partial charge in [-0.05, 0) is 12.1 Å². The Bertz CT molecular complexity index is 501. The lowest BCUT2D eigenvalue weighted by atomic mass is 10.4. The molecule has 0 saturated heterocycles. The van der Waals surface area contributed by atoms with Crippen LogP contribution in [0.3, 0.4) is 0 Å². The first kappa shape index (κ1) is 10.0. The highest BCUT2D eigenvalue weighted by atomic mass is 16.4. The third-order valence-electron chi connectivity index (χ3n) is 1.81. The number of carbonyl (C=O) groups is 1. The number of anilines is 2. The molecule has 0 fully saturated rings. The lowest BCUT2D eigenvalue weighted by Gasteiger charge is -2.03. The van der Waals surface area contributed by atoms with E-state index < -0.39 is 5.97 Å². The molecule has 0 radical (unpaired) electrons. The monoisotopic (exact) mass is 216 g/mol. The van der Waals surface area contributed by atoms with Crippen LogP contribution in [0.5, 0.6) is 0 Å². The zero-order chi connectivity index (χ0) is 11.4. The third kappa shape index (κ3) is 2.30. The maximum absolute atomic E-state index is 10.7. The SMILES string of the molecule is O=C(O)c1cc(Nc2ccccn2)ncn1. The van der Waals surface area contributed by atoms with Gasteiger partial charge in [0.05, 0.1) is 0 Å². The van der Waals surface area contributed by atoms with E-state index in [1.807, 2.05) is 6.07 Å². The Morgan fingerprint density at radius 3 is 2.75 bits per heavy atom. The highest BCUT2D eigenvalue weighted by molar-refractivity contribution is 5.86. The molecule has 0 aliphatic carbocycles. The summed E-state index contributed by atoms with van der Waals surface area (Å²) in [6, 6.07) is 6.70. The van der Waals surface area contributed by atoms with Crippen LogP contribution in [0.25, 0.3) is 0 Å². The molecule has 2 heterocycles. The second kappa shape index (κ2) is 4.35. The number of nitrogens with zero attached hydrogens (tertiary/aromatic N) is 3. The summed E-state index contributed by atoms with van der Waals surface area (Å²) in [6.07, 6.45) is 2.82. The van der Waals surface area contributed by atoms with Crippen molar-refractivity contribution in [3.05, 3.63) is 42.5 Å². The average molecular weight is 216 g/mol. The number of aromatic carboxylic acids is 1. The van der Waals surface area contributed by atoms with E-state index >= 15 is 0 Å². The van der Waals surface area contributed by atoms with Gasteiger partial charge in [0, 0.05) is 12.3 Å². The van der Waals surface area contributed by atoms with Gasteiger partial charge in [-0.25, -0.2) is 19.7 Å². The van der Waals surface area contributed by atoms with Crippen LogP contribution in [-0.4, -0.2) is 26.0 Å². The van der Waals surface area contributed by atoms with E-state index in [0.29, 0.717) is 11.6 Å². The first-order valence-corrected chi connectivity index (χ1v) is 4.49. The molecule has 0 aliphatic heterocycles. The highest BCUT2D eigenvalue weighted by Gasteiger charge is 2.05. The molecule has 0 saturated carbocycles. The Labute approximate surface area is 91.0 Å². The quantitative estimate of drug-likeness (QED) is 0.804. The maximum Gasteiger partial charge on any atom is 0.354 e. The minimum absolute atomic E-state index is 0.0616. The lowest BCUT2D eigenvalue weighted by molar-refractivity contribution is 0.0690. The Balaban J connectivity index is 2.22. The molecular formula is C10H8N4O2. The van der Waals surface area contributed by atoms with Crippen molar-refractivity contribution in [2.24, 2.45) is 0 Å². The van der Waals surface area contributed by atoms with Gasteiger partial charge in [-0.3, -0.25) is 0 Å². The number of carboxylic acids is 1. The van der Waals surface area contributed by atoms with Gasteiger partial charge in [0.2, 0.25) is 0 Å². The molecule has 0 unspecified atom stereocenters. The predicted molar refractivity (Wildman–Crippen MR) is 56.5 cm³/mol. The van der Waals surface area contributed by atoms with Crippen molar-refractivity contribution < 1.29 is 9.90 Å². The topological polar surface area (TPSA) is 88.0 Å². The average Bonchev–Trinajstić information content (AvgIpc) is 2.30. The van der Waals surface area contributed by atoms with Crippen molar-refractivity contribution in [2.75, 3.05) is 5.32 Å². The van der Waals surface area contributed by atoms with Crippen molar-refractivity contribution in [1.82, 2.24) is 15.0 Å². The summed E-state index contributed by atoms with van der Waals surface area (Å²) in [6.45, 7) is 0. The molecule has 6 nitrogen and oxygen atoms in total. The molecule has 16 heavy (non-hydrogen) atoms. The largest absolute Gasteiger partial charge is 0.477 e. The third-order valence-corrected chi connectivity index (χ3v) is 1.81. The summed E-state index contributed by atoms with van der Waals surface area (Å²) < 4.78 is 0. The number of pyridine rings is 1. The number of rotatable bonds is 3. The minimum Gasteiger partial charge on any atom is -0.477 e. The van der Waals surface area contributed by atoms with E-state index in [1.54, 1.807) is 18.3 Å². The zero-order valence-corrected chi connectivity index (χ0v) is 8.16. The standard InChI is InChI=1S/C10H8N4O2/c15-10(16)7-5-9(13-6-12-7)14-8-3-1-2-4-11-8/h1-6H,(H,15,16)(H,11,12,13,14). The molecule has 0 aromatic carbocycles. The summed E-state index contributed by atoms with van der Waals surface area (Å²) in [7, 11) is 0. The molecule has 80 valence electrons. The molecule has 0 amide bonds. The van der Waals surface area contributed by atoms with Crippen LogP contribution in [0.1, 0.15) is 10.5 Å². The van der Waals surface area contributed by atoms with E-state index in [4.69, 9.17) is 5.11 Å².